The molecule has 0 saturated carbocycles. The van der Waals surface area contributed by atoms with Gasteiger partial charge in [0.25, 0.3) is 5.56 Å². The van der Waals surface area contributed by atoms with E-state index in [1.54, 1.807) is 36.8 Å². The number of fused-ring (bicyclic) bond motifs is 1. The molecule has 4 aromatic rings. The van der Waals surface area contributed by atoms with Crippen molar-refractivity contribution >= 4 is 39.3 Å². The van der Waals surface area contributed by atoms with E-state index in [1.807, 2.05) is 49.4 Å². The van der Waals surface area contributed by atoms with Gasteiger partial charge in [0.15, 0.2) is 4.80 Å². The first-order chi connectivity index (χ1) is 20.8. The minimum Gasteiger partial charge on any atom is -0.497 e. The fraction of sp³-hybridized carbons (Fsp3) is 0.242. The molecule has 222 valence electrons. The third-order valence-electron chi connectivity index (χ3n) is 6.86. The number of hydrogen-bond acceptors (Lipinski definition) is 7. The molecule has 1 atom stereocenters. The number of hydrogen-bond donors (Lipinski definition) is 0. The number of esters is 1. The molecular weight excluding hydrogens is 635 g/mol. The number of thiazole rings is 1. The summed E-state index contributed by atoms with van der Waals surface area (Å²) in [6, 6.07) is 18.3. The molecule has 0 unspecified atom stereocenters. The predicted molar refractivity (Wildman–Crippen MR) is 168 cm³/mol. The Labute approximate surface area is 260 Å². The van der Waals surface area contributed by atoms with Gasteiger partial charge in [-0.25, -0.2) is 14.2 Å². The van der Waals surface area contributed by atoms with Gasteiger partial charge in [-0.15, -0.1) is 0 Å². The van der Waals surface area contributed by atoms with E-state index in [9.17, 15) is 14.0 Å². The predicted octanol–water partition coefficient (Wildman–Crippen LogP) is 6.07. The van der Waals surface area contributed by atoms with Crippen molar-refractivity contribution in [3.63, 3.8) is 0 Å². The molecule has 0 saturated heterocycles. The minimum atomic E-state index is -0.719. The van der Waals surface area contributed by atoms with E-state index >= 15 is 0 Å². The van der Waals surface area contributed by atoms with Gasteiger partial charge in [-0.2, -0.15) is 0 Å². The van der Waals surface area contributed by atoms with Crippen LogP contribution in [0, 0.1) is 5.82 Å². The highest BCUT2D eigenvalue weighted by molar-refractivity contribution is 9.10. The number of allylic oxidation sites excluding steroid dienone is 1. The number of halogens is 2. The van der Waals surface area contributed by atoms with Crippen LogP contribution >= 0.6 is 27.3 Å². The molecule has 2 heterocycles. The Kier molecular flexibility index (Phi) is 9.57. The van der Waals surface area contributed by atoms with Gasteiger partial charge in [0.1, 0.15) is 23.9 Å². The summed E-state index contributed by atoms with van der Waals surface area (Å²) in [5.74, 6) is 0.442. The van der Waals surface area contributed by atoms with Crippen LogP contribution in [-0.4, -0.2) is 24.3 Å². The normalized spacial score (nSPS) is 14.7. The molecule has 0 N–H and O–H groups in total. The zero-order valence-corrected chi connectivity index (χ0v) is 26.3. The standard InChI is InChI=1S/C33H30BrFN2O5S/c1-4-7-26-29(32(39)41-5-2)30(22-8-6-9-24(18-22)40-3)37-31(38)28(43-33(37)36-26)17-21-12-15-27(25(34)16-21)42-19-20-10-13-23(35)14-11-20/h6,8-18,30H,4-5,7,19H2,1-3H3/b28-17-/t30-/m0/s1. The number of aromatic nitrogens is 1. The van der Waals surface area contributed by atoms with Crippen LogP contribution in [0.5, 0.6) is 11.5 Å². The average Bonchev–Trinajstić information content (AvgIpc) is 3.31. The van der Waals surface area contributed by atoms with Crippen LogP contribution in [0.3, 0.4) is 0 Å². The lowest BCUT2D eigenvalue weighted by Crippen LogP contribution is -2.40. The van der Waals surface area contributed by atoms with Gasteiger partial charge < -0.3 is 14.2 Å². The molecule has 0 spiro atoms. The lowest BCUT2D eigenvalue weighted by atomic mass is 9.94. The van der Waals surface area contributed by atoms with E-state index in [0.29, 0.717) is 43.0 Å². The number of methoxy groups -OCH3 is 1. The largest absolute Gasteiger partial charge is 0.497 e. The van der Waals surface area contributed by atoms with Crippen LogP contribution in [0.2, 0.25) is 0 Å². The number of ether oxygens (including phenoxy) is 3. The molecule has 1 aliphatic rings. The van der Waals surface area contributed by atoms with Gasteiger partial charge in [0.2, 0.25) is 0 Å². The zero-order valence-electron chi connectivity index (χ0n) is 23.9. The topological polar surface area (TPSA) is 79.1 Å². The Morgan fingerprint density at radius 3 is 2.60 bits per heavy atom. The number of rotatable bonds is 10. The maximum absolute atomic E-state index is 14.0. The Morgan fingerprint density at radius 1 is 1.12 bits per heavy atom. The monoisotopic (exact) mass is 664 g/mol. The van der Waals surface area contributed by atoms with Crippen LogP contribution in [-0.2, 0) is 16.1 Å². The third kappa shape index (κ3) is 6.65. The summed E-state index contributed by atoms with van der Waals surface area (Å²) in [6.07, 6.45) is 3.13. The van der Waals surface area contributed by atoms with Crippen LogP contribution < -0.4 is 24.4 Å². The highest BCUT2D eigenvalue weighted by atomic mass is 79.9. The fourth-order valence-corrected chi connectivity index (χ4v) is 6.40. The van der Waals surface area contributed by atoms with Crippen LogP contribution in [0.4, 0.5) is 4.39 Å². The number of carbonyl (C=O) groups excluding carboxylic acids is 1. The summed E-state index contributed by atoms with van der Waals surface area (Å²) >= 11 is 4.84. The highest BCUT2D eigenvalue weighted by Crippen LogP contribution is 2.34. The Balaban J connectivity index is 1.56. The van der Waals surface area contributed by atoms with Gasteiger partial charge in [-0.3, -0.25) is 9.36 Å². The summed E-state index contributed by atoms with van der Waals surface area (Å²) in [5, 5.41) is 0. The molecule has 1 aliphatic heterocycles. The zero-order chi connectivity index (χ0) is 30.5. The average molecular weight is 666 g/mol. The van der Waals surface area contributed by atoms with Gasteiger partial charge in [0.05, 0.1) is 40.0 Å². The highest BCUT2D eigenvalue weighted by Gasteiger charge is 2.34. The Morgan fingerprint density at radius 2 is 1.91 bits per heavy atom. The van der Waals surface area contributed by atoms with E-state index in [1.165, 1.54) is 23.5 Å². The second kappa shape index (κ2) is 13.5. The second-order valence-electron chi connectivity index (χ2n) is 9.80. The maximum Gasteiger partial charge on any atom is 0.338 e. The summed E-state index contributed by atoms with van der Waals surface area (Å²) in [5.41, 5.74) is 3.07. The number of benzene rings is 3. The molecule has 0 bridgehead atoms. The van der Waals surface area contributed by atoms with Crippen molar-refractivity contribution < 1.29 is 23.4 Å². The minimum absolute atomic E-state index is 0.204. The van der Waals surface area contributed by atoms with E-state index in [2.05, 4.69) is 15.9 Å². The molecule has 3 aromatic carbocycles. The Bertz CT molecular complexity index is 1860. The van der Waals surface area contributed by atoms with Crippen LogP contribution in [0.15, 0.2) is 92.3 Å². The lowest BCUT2D eigenvalue weighted by Gasteiger charge is -2.26. The summed E-state index contributed by atoms with van der Waals surface area (Å²) in [6.45, 7) is 4.26. The number of carbonyl (C=O) groups is 1. The second-order valence-corrected chi connectivity index (χ2v) is 11.7. The SMILES string of the molecule is CCCC1=C(C(=O)OCC)[C@H](c2cccc(OC)c2)n2c(s/c(=C\c3ccc(OCc4ccc(F)cc4)c(Br)c3)c2=O)=N1. The maximum atomic E-state index is 14.0. The first-order valence-corrected chi connectivity index (χ1v) is 15.5. The smallest absolute Gasteiger partial charge is 0.338 e. The van der Waals surface area contributed by atoms with Gasteiger partial charge in [-0.1, -0.05) is 55.0 Å². The van der Waals surface area contributed by atoms with Crippen molar-refractivity contribution in [1.82, 2.24) is 4.57 Å². The van der Waals surface area contributed by atoms with E-state index in [-0.39, 0.29) is 24.6 Å². The lowest BCUT2D eigenvalue weighted by molar-refractivity contribution is -0.139. The molecule has 0 aliphatic carbocycles. The van der Waals surface area contributed by atoms with Crippen LogP contribution in [0.1, 0.15) is 49.4 Å². The first-order valence-electron chi connectivity index (χ1n) is 13.9. The Hall–Kier alpha value is -4.02. The van der Waals surface area contributed by atoms with Crippen molar-refractivity contribution in [2.24, 2.45) is 4.99 Å². The molecule has 5 rings (SSSR count). The van der Waals surface area contributed by atoms with E-state index < -0.39 is 12.0 Å². The molecule has 0 fully saturated rings. The van der Waals surface area contributed by atoms with Gasteiger partial charge >= 0.3 is 5.97 Å². The van der Waals surface area contributed by atoms with Gasteiger partial charge in [-0.05, 0) is 88.4 Å². The molecule has 43 heavy (non-hydrogen) atoms. The molecule has 1 aromatic heterocycles. The third-order valence-corrected chi connectivity index (χ3v) is 8.47. The molecule has 10 heteroatoms. The molecule has 0 radical (unpaired) electrons. The van der Waals surface area contributed by atoms with Crippen LogP contribution in [0.25, 0.3) is 6.08 Å². The quantitative estimate of drug-likeness (QED) is 0.192. The molecule has 7 nitrogen and oxygen atoms in total. The number of nitrogens with zero attached hydrogens (tertiary/aromatic N) is 2. The van der Waals surface area contributed by atoms with Crippen molar-refractivity contribution in [3.05, 3.63) is 125 Å². The summed E-state index contributed by atoms with van der Waals surface area (Å²) < 4.78 is 32.8. The first kappa shape index (κ1) is 30.4. The summed E-state index contributed by atoms with van der Waals surface area (Å²) in [4.78, 5) is 32.7. The van der Waals surface area contributed by atoms with Crippen molar-refractivity contribution in [2.45, 2.75) is 39.3 Å². The van der Waals surface area contributed by atoms with Crippen molar-refractivity contribution in [2.75, 3.05) is 13.7 Å². The van der Waals surface area contributed by atoms with Gasteiger partial charge in [0, 0.05) is 0 Å². The molecular formula is C33H30BrFN2O5S. The van der Waals surface area contributed by atoms with Crippen molar-refractivity contribution in [3.8, 4) is 11.5 Å². The van der Waals surface area contributed by atoms with E-state index in [4.69, 9.17) is 19.2 Å². The molecule has 0 amide bonds. The summed E-state index contributed by atoms with van der Waals surface area (Å²) in [7, 11) is 1.58. The van der Waals surface area contributed by atoms with E-state index in [0.717, 1.165) is 23.1 Å². The van der Waals surface area contributed by atoms with Crippen molar-refractivity contribution in [1.29, 1.82) is 0 Å². The fourth-order valence-electron chi connectivity index (χ4n) is 4.86.